The van der Waals surface area contributed by atoms with E-state index in [1.54, 1.807) is 0 Å². The number of thiophene rings is 1. The number of nitrogens with zero attached hydrogens (tertiary/aromatic N) is 2. The predicted molar refractivity (Wildman–Crippen MR) is 110 cm³/mol. The molecule has 1 aromatic heterocycles. The van der Waals surface area contributed by atoms with Gasteiger partial charge in [0, 0.05) is 36.5 Å². The first-order valence-electron chi connectivity index (χ1n) is 8.16. The van der Waals surface area contributed by atoms with Crippen molar-refractivity contribution in [3.63, 3.8) is 0 Å². The second-order valence-corrected chi connectivity index (χ2v) is 8.07. The summed E-state index contributed by atoms with van der Waals surface area (Å²) in [6, 6.07) is 3.67. The second kappa shape index (κ2) is 9.02. The topological polar surface area (TPSA) is 57.1 Å². The van der Waals surface area contributed by atoms with Gasteiger partial charge < -0.3 is 20.1 Å². The highest BCUT2D eigenvalue weighted by atomic mass is 127. The van der Waals surface area contributed by atoms with Gasteiger partial charge in [0.05, 0.1) is 17.5 Å². The summed E-state index contributed by atoms with van der Waals surface area (Å²) >= 11 is 7.33. The zero-order valence-corrected chi connectivity index (χ0v) is 17.7. The molecule has 0 radical (unpaired) electrons. The Bertz CT molecular complexity index is 563. The Morgan fingerprint density at radius 3 is 3.00 bits per heavy atom. The van der Waals surface area contributed by atoms with Crippen molar-refractivity contribution in [1.29, 1.82) is 0 Å². The van der Waals surface area contributed by atoms with E-state index in [0.29, 0.717) is 16.3 Å². The molecule has 3 rings (SSSR count). The van der Waals surface area contributed by atoms with Gasteiger partial charge in [-0.15, -0.1) is 35.3 Å². The number of halogens is 2. The number of aliphatic hydroxyl groups excluding tert-OH is 1. The van der Waals surface area contributed by atoms with E-state index >= 15 is 0 Å². The first-order chi connectivity index (χ1) is 11.1. The van der Waals surface area contributed by atoms with Gasteiger partial charge >= 0.3 is 0 Å². The highest BCUT2D eigenvalue weighted by molar-refractivity contribution is 14.0. The molecule has 2 aliphatic heterocycles. The van der Waals surface area contributed by atoms with E-state index in [1.807, 2.05) is 12.1 Å². The van der Waals surface area contributed by atoms with Gasteiger partial charge in [0.25, 0.3) is 0 Å². The lowest BCUT2D eigenvalue weighted by molar-refractivity contribution is 0.156. The van der Waals surface area contributed by atoms with E-state index in [1.165, 1.54) is 11.3 Å². The molecule has 2 aliphatic rings. The molecule has 24 heavy (non-hydrogen) atoms. The van der Waals surface area contributed by atoms with E-state index in [9.17, 15) is 5.11 Å². The maximum Gasteiger partial charge on any atom is 0.194 e. The molecule has 2 N–H and O–H groups in total. The molecule has 0 amide bonds. The van der Waals surface area contributed by atoms with Crippen LogP contribution >= 0.6 is 46.9 Å². The molecule has 136 valence electrons. The molecule has 0 aromatic carbocycles. The minimum absolute atomic E-state index is 0. The van der Waals surface area contributed by atoms with Gasteiger partial charge in [-0.2, -0.15) is 0 Å². The minimum atomic E-state index is -0.604. The van der Waals surface area contributed by atoms with Gasteiger partial charge in [0.15, 0.2) is 5.96 Å². The molecule has 1 spiro atoms. The van der Waals surface area contributed by atoms with E-state index in [0.717, 1.165) is 56.5 Å². The summed E-state index contributed by atoms with van der Waals surface area (Å²) in [5.74, 6) is 0.887. The maximum atomic E-state index is 10.3. The van der Waals surface area contributed by atoms with Gasteiger partial charge in [-0.1, -0.05) is 11.6 Å². The number of likely N-dealkylation sites (tertiary alicyclic amines) is 1. The molecule has 5 nitrogen and oxygen atoms in total. The number of aliphatic imine (C=N–C) groups is 1. The van der Waals surface area contributed by atoms with Crippen LogP contribution in [-0.2, 0) is 4.74 Å². The number of nitrogens with one attached hydrogen (secondary N) is 1. The lowest BCUT2D eigenvalue weighted by atomic mass is 9.87. The van der Waals surface area contributed by atoms with Crippen LogP contribution in [0.15, 0.2) is 17.1 Å². The monoisotopic (exact) mass is 485 g/mol. The average molecular weight is 486 g/mol. The average Bonchev–Trinajstić information content (AvgIpc) is 3.26. The SMILES string of the molecule is CCNC(=NCC(O)c1ccc(Cl)s1)N1CCC2(CCOC2)C1.I. The summed E-state index contributed by atoms with van der Waals surface area (Å²) in [5, 5.41) is 13.6. The largest absolute Gasteiger partial charge is 0.386 e. The van der Waals surface area contributed by atoms with Crippen molar-refractivity contribution in [3.05, 3.63) is 21.3 Å². The van der Waals surface area contributed by atoms with Crippen LogP contribution in [0, 0.1) is 5.41 Å². The Morgan fingerprint density at radius 1 is 1.54 bits per heavy atom. The second-order valence-electron chi connectivity index (χ2n) is 6.33. The summed E-state index contributed by atoms with van der Waals surface area (Å²) in [4.78, 5) is 7.80. The van der Waals surface area contributed by atoms with Gasteiger partial charge in [0.2, 0.25) is 0 Å². The molecule has 2 fully saturated rings. The van der Waals surface area contributed by atoms with Crippen molar-refractivity contribution in [2.24, 2.45) is 10.4 Å². The number of hydrogen-bond donors (Lipinski definition) is 2. The van der Waals surface area contributed by atoms with Crippen molar-refractivity contribution in [2.75, 3.05) is 39.4 Å². The molecule has 0 saturated carbocycles. The lowest BCUT2D eigenvalue weighted by Gasteiger charge is -2.25. The molecular formula is C16H25ClIN3O2S. The summed E-state index contributed by atoms with van der Waals surface area (Å²) in [5.41, 5.74) is 0.302. The van der Waals surface area contributed by atoms with Crippen LogP contribution < -0.4 is 5.32 Å². The molecule has 2 atom stereocenters. The van der Waals surface area contributed by atoms with Crippen LogP contribution in [0.2, 0.25) is 4.34 Å². The van der Waals surface area contributed by atoms with Crippen molar-refractivity contribution in [3.8, 4) is 0 Å². The first kappa shape index (κ1) is 20.2. The van der Waals surface area contributed by atoms with Gasteiger partial charge in [0.1, 0.15) is 6.10 Å². The third kappa shape index (κ3) is 4.75. The highest BCUT2D eigenvalue weighted by Crippen LogP contribution is 2.38. The van der Waals surface area contributed by atoms with Crippen LogP contribution in [0.4, 0.5) is 0 Å². The third-order valence-corrected chi connectivity index (χ3v) is 5.93. The summed E-state index contributed by atoms with van der Waals surface area (Å²) in [6.07, 6.45) is 1.69. The summed E-state index contributed by atoms with van der Waals surface area (Å²) < 4.78 is 6.28. The smallest absolute Gasteiger partial charge is 0.194 e. The number of aliphatic hydroxyl groups is 1. The van der Waals surface area contributed by atoms with Crippen LogP contribution in [0.25, 0.3) is 0 Å². The van der Waals surface area contributed by atoms with E-state index in [-0.39, 0.29) is 24.0 Å². The van der Waals surface area contributed by atoms with Crippen molar-refractivity contribution in [1.82, 2.24) is 10.2 Å². The third-order valence-electron chi connectivity index (χ3n) is 4.59. The molecule has 0 bridgehead atoms. The Hall–Kier alpha value is -0.0900. The fourth-order valence-electron chi connectivity index (χ4n) is 3.28. The summed E-state index contributed by atoms with van der Waals surface area (Å²) in [7, 11) is 0. The first-order valence-corrected chi connectivity index (χ1v) is 9.36. The molecule has 2 unspecified atom stereocenters. The molecule has 1 aromatic rings. The molecule has 3 heterocycles. The Balaban J connectivity index is 0.00000208. The van der Waals surface area contributed by atoms with Crippen LogP contribution in [0.3, 0.4) is 0 Å². The Kier molecular flexibility index (Phi) is 7.60. The molecule has 2 saturated heterocycles. The molecule has 8 heteroatoms. The quantitative estimate of drug-likeness (QED) is 0.391. The minimum Gasteiger partial charge on any atom is -0.386 e. The van der Waals surface area contributed by atoms with Crippen molar-refractivity contribution >= 4 is 52.9 Å². The number of rotatable bonds is 4. The van der Waals surface area contributed by atoms with E-state index < -0.39 is 6.10 Å². The molecular weight excluding hydrogens is 461 g/mol. The van der Waals surface area contributed by atoms with E-state index in [4.69, 9.17) is 16.3 Å². The van der Waals surface area contributed by atoms with E-state index in [2.05, 4.69) is 22.1 Å². The van der Waals surface area contributed by atoms with Crippen molar-refractivity contribution in [2.45, 2.75) is 25.9 Å². The fourth-order valence-corrected chi connectivity index (χ4v) is 4.32. The number of ether oxygens (including phenoxy) is 1. The highest BCUT2D eigenvalue weighted by Gasteiger charge is 2.42. The van der Waals surface area contributed by atoms with Crippen LogP contribution in [-0.4, -0.2) is 55.4 Å². The van der Waals surface area contributed by atoms with Gasteiger partial charge in [-0.3, -0.25) is 4.99 Å². The van der Waals surface area contributed by atoms with Gasteiger partial charge in [-0.25, -0.2) is 0 Å². The Morgan fingerprint density at radius 2 is 2.38 bits per heavy atom. The van der Waals surface area contributed by atoms with Crippen LogP contribution in [0.5, 0.6) is 0 Å². The standard InChI is InChI=1S/C16H24ClN3O2S.HI/c1-2-18-15(19-9-12(21)13-3-4-14(17)23-13)20-7-5-16(10-20)6-8-22-11-16;/h3-4,12,21H,2,5-11H2,1H3,(H,18,19);1H. The number of guanidine groups is 1. The predicted octanol–water partition coefficient (Wildman–Crippen LogP) is 3.13. The number of hydrogen-bond acceptors (Lipinski definition) is 4. The summed E-state index contributed by atoms with van der Waals surface area (Å²) in [6.45, 7) is 6.95. The normalized spacial score (nSPS) is 25.1. The lowest BCUT2D eigenvalue weighted by Crippen LogP contribution is -2.41. The maximum absolute atomic E-state index is 10.3. The van der Waals surface area contributed by atoms with Crippen molar-refractivity contribution < 1.29 is 9.84 Å². The zero-order valence-electron chi connectivity index (χ0n) is 13.8. The van der Waals surface area contributed by atoms with Gasteiger partial charge in [-0.05, 0) is 31.9 Å². The molecule has 0 aliphatic carbocycles. The Labute approximate surface area is 169 Å². The van der Waals surface area contributed by atoms with Crippen LogP contribution in [0.1, 0.15) is 30.7 Å². The zero-order chi connectivity index (χ0) is 16.3. The fraction of sp³-hybridized carbons (Fsp3) is 0.688.